The minimum atomic E-state index is 0.0264. The molecule has 0 aromatic carbocycles. The SMILES string of the molecule is CC(C)(C)CC(=O)NC1CCN(C(=O)CC23CC4CC(CC(C4)C2)C3)CC1. The number of nitrogens with zero attached hydrogens (tertiary/aromatic N) is 1. The molecule has 4 heteroatoms. The van der Waals surface area contributed by atoms with Crippen LogP contribution in [0.4, 0.5) is 0 Å². The molecule has 1 heterocycles. The zero-order valence-electron chi connectivity index (χ0n) is 17.6. The van der Waals surface area contributed by atoms with Gasteiger partial charge in [0.15, 0.2) is 0 Å². The van der Waals surface area contributed by atoms with E-state index in [0.717, 1.165) is 50.1 Å². The average molecular weight is 375 g/mol. The van der Waals surface area contributed by atoms with Crippen molar-refractivity contribution >= 4 is 11.8 Å². The molecular formula is C23H38N2O2. The molecule has 0 unspecified atom stereocenters. The van der Waals surface area contributed by atoms with Crippen LogP contribution in [0.5, 0.6) is 0 Å². The highest BCUT2D eigenvalue weighted by Crippen LogP contribution is 2.61. The van der Waals surface area contributed by atoms with Gasteiger partial charge in [0.05, 0.1) is 0 Å². The molecule has 5 aliphatic rings. The van der Waals surface area contributed by atoms with Crippen molar-refractivity contribution < 1.29 is 9.59 Å². The summed E-state index contributed by atoms with van der Waals surface area (Å²) in [5.41, 5.74) is 0.363. The van der Waals surface area contributed by atoms with Crippen molar-refractivity contribution in [1.82, 2.24) is 10.2 Å². The predicted molar refractivity (Wildman–Crippen MR) is 107 cm³/mol. The molecule has 4 bridgehead atoms. The van der Waals surface area contributed by atoms with E-state index in [2.05, 4.69) is 31.0 Å². The Morgan fingerprint density at radius 1 is 0.963 bits per heavy atom. The van der Waals surface area contributed by atoms with E-state index >= 15 is 0 Å². The fraction of sp³-hybridized carbons (Fsp3) is 0.913. The van der Waals surface area contributed by atoms with Gasteiger partial charge >= 0.3 is 0 Å². The first kappa shape index (κ1) is 19.3. The minimum absolute atomic E-state index is 0.0264. The van der Waals surface area contributed by atoms with Gasteiger partial charge in [0.1, 0.15) is 0 Å². The van der Waals surface area contributed by atoms with Gasteiger partial charge in [-0.3, -0.25) is 9.59 Å². The molecule has 1 N–H and O–H groups in total. The standard InChI is InChI=1S/C23H38N2O2/c1-22(2,3)14-20(26)24-19-4-6-25(7-5-19)21(27)15-23-11-16-8-17(12-23)10-18(9-16)13-23/h16-19H,4-15H2,1-3H3,(H,24,26). The van der Waals surface area contributed by atoms with Gasteiger partial charge in [-0.25, -0.2) is 0 Å². The molecule has 5 fully saturated rings. The fourth-order valence-electron chi connectivity index (χ4n) is 6.97. The Labute approximate surface area is 164 Å². The lowest BCUT2D eigenvalue weighted by atomic mass is 9.49. The van der Waals surface area contributed by atoms with Crippen LogP contribution in [0.3, 0.4) is 0 Å². The Balaban J connectivity index is 1.25. The summed E-state index contributed by atoms with van der Waals surface area (Å²) in [7, 11) is 0. The molecule has 1 aliphatic heterocycles. The van der Waals surface area contributed by atoms with Gasteiger partial charge in [0.25, 0.3) is 0 Å². The minimum Gasteiger partial charge on any atom is -0.353 e. The van der Waals surface area contributed by atoms with Crippen LogP contribution in [0.1, 0.15) is 85.0 Å². The Morgan fingerprint density at radius 3 is 1.96 bits per heavy atom. The second-order valence-corrected chi connectivity index (χ2v) is 11.6. The highest BCUT2D eigenvalue weighted by molar-refractivity contribution is 5.78. The maximum absolute atomic E-state index is 13.0. The van der Waals surface area contributed by atoms with Crippen molar-refractivity contribution in [3.05, 3.63) is 0 Å². The number of carbonyl (C=O) groups excluding carboxylic acids is 2. The van der Waals surface area contributed by atoms with Crippen molar-refractivity contribution in [3.63, 3.8) is 0 Å². The van der Waals surface area contributed by atoms with Gasteiger partial charge in [-0.05, 0) is 80.0 Å². The number of rotatable bonds is 4. The molecule has 5 rings (SSSR count). The first-order valence-corrected chi connectivity index (χ1v) is 11.3. The van der Waals surface area contributed by atoms with Crippen molar-refractivity contribution in [1.29, 1.82) is 0 Å². The van der Waals surface area contributed by atoms with Gasteiger partial charge in [-0.1, -0.05) is 20.8 Å². The summed E-state index contributed by atoms with van der Waals surface area (Å²) in [5, 5.41) is 3.18. The van der Waals surface area contributed by atoms with E-state index in [-0.39, 0.29) is 17.4 Å². The normalized spacial score (nSPS) is 36.1. The molecule has 0 spiro atoms. The average Bonchev–Trinajstić information content (AvgIpc) is 2.51. The fourth-order valence-corrected chi connectivity index (χ4v) is 6.97. The van der Waals surface area contributed by atoms with E-state index in [4.69, 9.17) is 0 Å². The topological polar surface area (TPSA) is 49.4 Å². The molecule has 27 heavy (non-hydrogen) atoms. The molecule has 4 nitrogen and oxygen atoms in total. The second kappa shape index (κ2) is 7.08. The van der Waals surface area contributed by atoms with Gasteiger partial charge in [0, 0.05) is 32.0 Å². The van der Waals surface area contributed by atoms with Crippen LogP contribution in [0.15, 0.2) is 0 Å². The largest absolute Gasteiger partial charge is 0.353 e. The monoisotopic (exact) mass is 374 g/mol. The van der Waals surface area contributed by atoms with Crippen LogP contribution in [0.25, 0.3) is 0 Å². The van der Waals surface area contributed by atoms with Crippen molar-refractivity contribution in [2.24, 2.45) is 28.6 Å². The summed E-state index contributed by atoms with van der Waals surface area (Å²) in [4.78, 5) is 27.3. The maximum atomic E-state index is 13.0. The van der Waals surface area contributed by atoms with E-state index < -0.39 is 0 Å². The predicted octanol–water partition coefficient (Wildman–Crippen LogP) is 4.14. The molecule has 0 aromatic rings. The molecule has 0 aromatic heterocycles. The van der Waals surface area contributed by atoms with E-state index in [0.29, 0.717) is 17.7 Å². The Hall–Kier alpha value is -1.06. The van der Waals surface area contributed by atoms with E-state index in [1.807, 2.05) is 0 Å². The van der Waals surface area contributed by atoms with Gasteiger partial charge in [0.2, 0.25) is 11.8 Å². The molecule has 4 aliphatic carbocycles. The maximum Gasteiger partial charge on any atom is 0.223 e. The Kier molecular flexibility index (Phi) is 5.05. The summed E-state index contributed by atoms with van der Waals surface area (Å²) in [6, 6.07) is 0.239. The lowest BCUT2D eigenvalue weighted by molar-refractivity contribution is -0.140. The molecule has 0 atom stereocenters. The summed E-state index contributed by atoms with van der Waals surface area (Å²) in [5.74, 6) is 3.27. The molecule has 0 radical (unpaired) electrons. The number of hydrogen-bond donors (Lipinski definition) is 1. The van der Waals surface area contributed by atoms with Crippen LogP contribution in [0.2, 0.25) is 0 Å². The smallest absolute Gasteiger partial charge is 0.223 e. The molecular weight excluding hydrogens is 336 g/mol. The second-order valence-electron chi connectivity index (χ2n) is 11.6. The van der Waals surface area contributed by atoms with Crippen LogP contribution in [-0.2, 0) is 9.59 Å². The highest BCUT2D eigenvalue weighted by atomic mass is 16.2. The summed E-state index contributed by atoms with van der Waals surface area (Å²) >= 11 is 0. The zero-order chi connectivity index (χ0) is 19.2. The van der Waals surface area contributed by atoms with E-state index in [1.54, 1.807) is 0 Å². The van der Waals surface area contributed by atoms with Crippen LogP contribution in [0, 0.1) is 28.6 Å². The highest BCUT2D eigenvalue weighted by Gasteiger charge is 2.51. The zero-order valence-corrected chi connectivity index (χ0v) is 17.6. The number of nitrogens with one attached hydrogen (secondary N) is 1. The number of carbonyl (C=O) groups is 2. The van der Waals surface area contributed by atoms with Crippen LogP contribution >= 0.6 is 0 Å². The van der Waals surface area contributed by atoms with Crippen LogP contribution in [-0.4, -0.2) is 35.8 Å². The summed E-state index contributed by atoms with van der Waals surface area (Å²) in [6.07, 6.45) is 11.4. The molecule has 4 saturated carbocycles. The number of amides is 2. The Bertz CT molecular complexity index is 548. The third-order valence-corrected chi connectivity index (χ3v) is 7.59. The van der Waals surface area contributed by atoms with Crippen molar-refractivity contribution in [3.8, 4) is 0 Å². The first-order chi connectivity index (χ1) is 12.7. The lowest BCUT2D eigenvalue weighted by Gasteiger charge is -2.57. The third kappa shape index (κ3) is 4.51. The quantitative estimate of drug-likeness (QED) is 0.804. The molecule has 2 amide bonds. The third-order valence-electron chi connectivity index (χ3n) is 7.59. The van der Waals surface area contributed by atoms with Crippen molar-refractivity contribution in [2.45, 2.75) is 91.0 Å². The Morgan fingerprint density at radius 2 is 1.48 bits per heavy atom. The van der Waals surface area contributed by atoms with Gasteiger partial charge in [-0.2, -0.15) is 0 Å². The van der Waals surface area contributed by atoms with Gasteiger partial charge < -0.3 is 10.2 Å². The molecule has 1 saturated heterocycles. The summed E-state index contributed by atoms with van der Waals surface area (Å²) in [6.45, 7) is 7.91. The first-order valence-electron chi connectivity index (χ1n) is 11.3. The number of hydrogen-bond acceptors (Lipinski definition) is 2. The summed E-state index contributed by atoms with van der Waals surface area (Å²) < 4.78 is 0. The van der Waals surface area contributed by atoms with E-state index in [1.165, 1.54) is 38.5 Å². The molecule has 152 valence electrons. The van der Waals surface area contributed by atoms with Crippen molar-refractivity contribution in [2.75, 3.05) is 13.1 Å². The number of piperidine rings is 1. The van der Waals surface area contributed by atoms with Gasteiger partial charge in [-0.15, -0.1) is 0 Å². The lowest BCUT2D eigenvalue weighted by Crippen LogP contribution is -2.50. The number of likely N-dealkylation sites (tertiary alicyclic amines) is 1. The van der Waals surface area contributed by atoms with Crippen LogP contribution < -0.4 is 5.32 Å². The van der Waals surface area contributed by atoms with E-state index in [9.17, 15) is 9.59 Å².